The average Bonchev–Trinajstić information content (AvgIpc) is 3.19. The van der Waals surface area contributed by atoms with Crippen LogP contribution in [0.3, 0.4) is 0 Å². The third-order valence-corrected chi connectivity index (χ3v) is 7.46. The third-order valence-electron chi connectivity index (χ3n) is 6.40. The van der Waals surface area contributed by atoms with Gasteiger partial charge in [0.05, 0.1) is 5.54 Å². The number of carbonyl (C=O) groups is 1. The van der Waals surface area contributed by atoms with Gasteiger partial charge in [-0.15, -0.1) is 0 Å². The molecule has 5 rings (SSSR count). The molecule has 1 spiro atoms. The fraction of sp³-hybridized carbons (Fsp3) is 0.632. The van der Waals surface area contributed by atoms with Crippen LogP contribution in [0.1, 0.15) is 41.5 Å². The maximum Gasteiger partial charge on any atom is 0.330 e. The van der Waals surface area contributed by atoms with Gasteiger partial charge in [-0.05, 0) is 74.2 Å². The number of anilines is 1. The number of rotatable bonds is 3. The molecule has 0 atom stereocenters. The van der Waals surface area contributed by atoms with Crippen LogP contribution in [0.5, 0.6) is 0 Å². The molecule has 0 radical (unpaired) electrons. The fourth-order valence-corrected chi connectivity index (χ4v) is 5.97. The Kier molecular flexibility index (Phi) is 3.77. The molecule has 2 fully saturated rings. The molecular weight excluding hydrogens is 332 g/mol. The summed E-state index contributed by atoms with van der Waals surface area (Å²) in [5.74, 6) is 0. The highest BCUT2D eigenvalue weighted by Gasteiger charge is 2.52. The molecule has 5 nitrogen and oxygen atoms in total. The Morgan fingerprint density at radius 3 is 2.36 bits per heavy atom. The van der Waals surface area contributed by atoms with Gasteiger partial charge in [-0.25, -0.2) is 9.10 Å². The Morgan fingerprint density at radius 2 is 1.80 bits per heavy atom. The lowest BCUT2D eigenvalue weighted by Crippen LogP contribution is -2.74. The SMILES string of the molecule is CN1CC2(CCN2SNC(=O)Nc2c3c(cc4c2CCC4)CCC3)C1. The minimum atomic E-state index is -0.0749. The van der Waals surface area contributed by atoms with Crippen molar-refractivity contribution in [3.05, 3.63) is 28.3 Å². The van der Waals surface area contributed by atoms with Crippen LogP contribution < -0.4 is 10.0 Å². The quantitative estimate of drug-likeness (QED) is 0.816. The van der Waals surface area contributed by atoms with E-state index in [4.69, 9.17) is 0 Å². The van der Waals surface area contributed by atoms with E-state index in [0.29, 0.717) is 5.54 Å². The summed E-state index contributed by atoms with van der Waals surface area (Å²) in [6, 6.07) is 2.33. The highest BCUT2D eigenvalue weighted by Crippen LogP contribution is 2.42. The first-order valence-corrected chi connectivity index (χ1v) is 10.3. The van der Waals surface area contributed by atoms with Gasteiger partial charge in [0.25, 0.3) is 0 Å². The lowest BCUT2D eigenvalue weighted by molar-refractivity contribution is -0.0539. The zero-order valence-electron chi connectivity index (χ0n) is 14.9. The zero-order chi connectivity index (χ0) is 17.0. The van der Waals surface area contributed by atoms with Crippen LogP contribution in [-0.4, -0.2) is 47.5 Å². The first-order chi connectivity index (χ1) is 12.1. The van der Waals surface area contributed by atoms with E-state index in [-0.39, 0.29) is 6.03 Å². The van der Waals surface area contributed by atoms with E-state index < -0.39 is 0 Å². The van der Waals surface area contributed by atoms with E-state index in [1.165, 1.54) is 53.7 Å². The molecule has 6 heteroatoms. The van der Waals surface area contributed by atoms with Crippen LogP contribution in [0.15, 0.2) is 6.07 Å². The van der Waals surface area contributed by atoms with E-state index >= 15 is 0 Å². The number of benzene rings is 1. The number of hydrogen-bond donors (Lipinski definition) is 2. The van der Waals surface area contributed by atoms with Crippen LogP contribution >= 0.6 is 12.1 Å². The standard InChI is InChI=1S/C19H26N4OS/c1-22-11-19(12-22)8-9-23(19)25-21-18(24)20-17-15-6-2-4-13(15)10-14-5-3-7-16(14)17/h10H,2-9,11-12H2,1H3,(H2,20,21,24). The Morgan fingerprint density at radius 1 is 1.12 bits per heavy atom. The second-order valence-corrected chi connectivity index (χ2v) is 8.96. The number of likely N-dealkylation sites (N-methyl/N-ethyl adjacent to an activating group) is 1. The number of fused-ring (bicyclic) bond motifs is 2. The van der Waals surface area contributed by atoms with E-state index in [9.17, 15) is 4.79 Å². The van der Waals surface area contributed by atoms with Crippen molar-refractivity contribution in [3.8, 4) is 0 Å². The zero-order valence-corrected chi connectivity index (χ0v) is 15.7. The van der Waals surface area contributed by atoms with Crippen molar-refractivity contribution in [1.29, 1.82) is 0 Å². The highest BCUT2D eigenvalue weighted by molar-refractivity contribution is 7.95. The van der Waals surface area contributed by atoms with Gasteiger partial charge in [-0.1, -0.05) is 6.07 Å². The maximum absolute atomic E-state index is 12.6. The number of hydrogen-bond acceptors (Lipinski definition) is 4. The van der Waals surface area contributed by atoms with Crippen molar-refractivity contribution in [2.75, 3.05) is 32.0 Å². The van der Waals surface area contributed by atoms with Gasteiger partial charge in [0, 0.05) is 37.5 Å². The molecule has 1 aromatic rings. The van der Waals surface area contributed by atoms with Gasteiger partial charge < -0.3 is 10.2 Å². The van der Waals surface area contributed by atoms with Gasteiger partial charge in [-0.3, -0.25) is 4.72 Å². The smallest absolute Gasteiger partial charge is 0.307 e. The summed E-state index contributed by atoms with van der Waals surface area (Å²) in [5.41, 5.74) is 7.14. The average molecular weight is 359 g/mol. The van der Waals surface area contributed by atoms with Crippen molar-refractivity contribution in [1.82, 2.24) is 13.9 Å². The third kappa shape index (κ3) is 2.57. The van der Waals surface area contributed by atoms with Crippen LogP contribution in [0.25, 0.3) is 0 Å². The number of nitrogens with zero attached hydrogens (tertiary/aromatic N) is 2. The number of amides is 2. The minimum Gasteiger partial charge on any atom is -0.307 e. The molecule has 0 saturated carbocycles. The lowest BCUT2D eigenvalue weighted by Gasteiger charge is -2.60. The largest absolute Gasteiger partial charge is 0.330 e. The molecule has 2 N–H and O–H groups in total. The van der Waals surface area contributed by atoms with Crippen LogP contribution in [0.4, 0.5) is 10.5 Å². The fourth-order valence-electron chi connectivity index (χ4n) is 5.14. The van der Waals surface area contributed by atoms with E-state index in [0.717, 1.165) is 51.0 Å². The molecule has 0 bridgehead atoms. The Balaban J connectivity index is 1.26. The summed E-state index contributed by atoms with van der Waals surface area (Å²) in [5, 5.41) is 3.21. The predicted octanol–water partition coefficient (Wildman–Crippen LogP) is 2.74. The summed E-state index contributed by atoms with van der Waals surface area (Å²) in [6.45, 7) is 3.29. The van der Waals surface area contributed by atoms with Gasteiger partial charge in [0.1, 0.15) is 0 Å². The molecule has 0 unspecified atom stereocenters. The maximum atomic E-state index is 12.6. The van der Waals surface area contributed by atoms with Crippen LogP contribution in [0, 0.1) is 0 Å². The molecular formula is C19H26N4OS. The molecule has 25 heavy (non-hydrogen) atoms. The molecule has 2 saturated heterocycles. The second-order valence-electron chi connectivity index (χ2n) is 8.13. The van der Waals surface area contributed by atoms with Crippen LogP contribution in [0.2, 0.25) is 0 Å². The molecule has 2 aliphatic carbocycles. The molecule has 2 aliphatic heterocycles. The monoisotopic (exact) mass is 358 g/mol. The number of nitrogens with one attached hydrogen (secondary N) is 2. The summed E-state index contributed by atoms with van der Waals surface area (Å²) in [7, 11) is 2.16. The Bertz CT molecular complexity index is 696. The molecule has 1 aromatic carbocycles. The van der Waals surface area contributed by atoms with E-state index in [2.05, 4.69) is 32.4 Å². The summed E-state index contributed by atoms with van der Waals surface area (Å²) in [6.07, 6.45) is 8.21. The van der Waals surface area contributed by atoms with Crippen molar-refractivity contribution in [3.63, 3.8) is 0 Å². The van der Waals surface area contributed by atoms with Crippen molar-refractivity contribution in [2.45, 2.75) is 50.5 Å². The van der Waals surface area contributed by atoms with E-state index in [1.807, 2.05) is 0 Å². The molecule has 4 aliphatic rings. The Hall–Kier alpha value is -1.24. The normalized spacial score (nSPS) is 23.7. The first kappa shape index (κ1) is 16.0. The van der Waals surface area contributed by atoms with Crippen molar-refractivity contribution >= 4 is 23.9 Å². The molecule has 134 valence electrons. The number of urea groups is 1. The van der Waals surface area contributed by atoms with Gasteiger partial charge in [-0.2, -0.15) is 0 Å². The molecule has 2 heterocycles. The van der Waals surface area contributed by atoms with Crippen molar-refractivity contribution in [2.24, 2.45) is 0 Å². The number of likely N-dealkylation sites (tertiary alicyclic amines) is 1. The summed E-state index contributed by atoms with van der Waals surface area (Å²) < 4.78 is 5.37. The highest BCUT2D eigenvalue weighted by atomic mass is 32.2. The van der Waals surface area contributed by atoms with Crippen LogP contribution in [-0.2, 0) is 25.7 Å². The summed E-state index contributed by atoms with van der Waals surface area (Å²) >= 11 is 1.49. The molecule has 2 amide bonds. The Labute approximate surface area is 153 Å². The minimum absolute atomic E-state index is 0.0749. The van der Waals surface area contributed by atoms with Crippen molar-refractivity contribution < 1.29 is 4.79 Å². The summed E-state index contributed by atoms with van der Waals surface area (Å²) in [4.78, 5) is 14.9. The number of aryl methyl sites for hydroxylation is 2. The second kappa shape index (κ2) is 5.89. The van der Waals surface area contributed by atoms with Gasteiger partial charge in [0.2, 0.25) is 0 Å². The number of carbonyl (C=O) groups excluding carboxylic acids is 1. The topological polar surface area (TPSA) is 47.6 Å². The van der Waals surface area contributed by atoms with Gasteiger partial charge in [0.15, 0.2) is 0 Å². The molecule has 0 aromatic heterocycles. The van der Waals surface area contributed by atoms with Gasteiger partial charge >= 0.3 is 6.03 Å². The van der Waals surface area contributed by atoms with E-state index in [1.54, 1.807) is 0 Å². The first-order valence-electron chi connectivity index (χ1n) is 9.51. The predicted molar refractivity (Wildman–Crippen MR) is 102 cm³/mol. The lowest BCUT2D eigenvalue weighted by atomic mass is 9.81.